The van der Waals surface area contributed by atoms with Gasteiger partial charge in [0.1, 0.15) is 18.4 Å². The van der Waals surface area contributed by atoms with Gasteiger partial charge in [-0.05, 0) is 56.5 Å². The summed E-state index contributed by atoms with van der Waals surface area (Å²) in [5.74, 6) is -2.09. The molecule has 200 valence electrons. The molecule has 0 unspecified atom stereocenters. The molecule has 2 aromatic carbocycles. The molecule has 10 nitrogen and oxygen atoms in total. The summed E-state index contributed by atoms with van der Waals surface area (Å²) in [6.45, 7) is 3.47. The highest BCUT2D eigenvalue weighted by atomic mass is 16.5. The van der Waals surface area contributed by atoms with Gasteiger partial charge in [-0.15, -0.1) is 0 Å². The van der Waals surface area contributed by atoms with Gasteiger partial charge in [0.05, 0.1) is 30.1 Å². The zero-order valence-corrected chi connectivity index (χ0v) is 21.3. The first-order valence-corrected chi connectivity index (χ1v) is 12.4. The van der Waals surface area contributed by atoms with Crippen molar-refractivity contribution in [3.05, 3.63) is 71.4 Å². The molecule has 0 radical (unpaired) electrons. The van der Waals surface area contributed by atoms with Crippen molar-refractivity contribution in [2.45, 2.75) is 39.3 Å². The van der Waals surface area contributed by atoms with Crippen LogP contribution >= 0.6 is 0 Å². The van der Waals surface area contributed by atoms with Crippen molar-refractivity contribution in [1.82, 2.24) is 15.8 Å². The van der Waals surface area contributed by atoms with Crippen molar-refractivity contribution < 1.29 is 34.2 Å². The van der Waals surface area contributed by atoms with Crippen LogP contribution in [0.1, 0.15) is 30.2 Å². The lowest BCUT2D eigenvalue weighted by atomic mass is 9.93. The van der Waals surface area contributed by atoms with Crippen molar-refractivity contribution >= 4 is 28.7 Å². The van der Waals surface area contributed by atoms with Crippen LogP contribution in [0.15, 0.2) is 54.6 Å². The molecule has 4 rings (SSSR count). The lowest BCUT2D eigenvalue weighted by Gasteiger charge is -2.18. The van der Waals surface area contributed by atoms with Crippen LogP contribution < -0.4 is 15.5 Å². The van der Waals surface area contributed by atoms with E-state index in [2.05, 4.69) is 10.3 Å². The van der Waals surface area contributed by atoms with E-state index in [1.54, 1.807) is 6.92 Å². The van der Waals surface area contributed by atoms with E-state index in [1.165, 1.54) is 5.48 Å². The minimum absolute atomic E-state index is 0.164. The second-order valence-electron chi connectivity index (χ2n) is 9.40. The summed E-state index contributed by atoms with van der Waals surface area (Å²) in [7, 11) is 0. The molecule has 2 amide bonds. The van der Waals surface area contributed by atoms with E-state index in [9.17, 15) is 19.5 Å². The molecule has 0 saturated heterocycles. The molecule has 3 atom stereocenters. The number of rotatable bonds is 11. The number of fused-ring (bicyclic) bond motifs is 1. The number of benzene rings is 2. The number of nitrogens with zero attached hydrogens (tertiary/aromatic N) is 1. The molecule has 4 N–H and O–H groups in total. The fourth-order valence-corrected chi connectivity index (χ4v) is 4.70. The number of aliphatic hydroxyl groups excluding tert-OH is 1. The number of hydrogen-bond donors (Lipinski definition) is 4. The van der Waals surface area contributed by atoms with Gasteiger partial charge < -0.3 is 19.9 Å². The second-order valence-corrected chi connectivity index (χ2v) is 9.40. The Bertz CT molecular complexity index is 1330. The number of aliphatic hydroxyl groups is 1. The summed E-state index contributed by atoms with van der Waals surface area (Å²) < 4.78 is 11.3. The van der Waals surface area contributed by atoms with E-state index in [1.807, 2.05) is 61.5 Å². The van der Waals surface area contributed by atoms with Crippen LogP contribution in [0.3, 0.4) is 0 Å². The highest BCUT2D eigenvalue weighted by Crippen LogP contribution is 2.56. The first kappa shape index (κ1) is 27.0. The molecule has 1 aliphatic rings. The van der Waals surface area contributed by atoms with Gasteiger partial charge in [0, 0.05) is 16.6 Å². The Morgan fingerprint density at radius 2 is 1.89 bits per heavy atom. The molecular weight excluding hydrogens is 490 g/mol. The Hall–Kier alpha value is -4.02. The van der Waals surface area contributed by atoms with Crippen molar-refractivity contribution in [3.8, 4) is 5.75 Å². The molecule has 1 fully saturated rings. The third kappa shape index (κ3) is 5.76. The fraction of sp³-hybridized carbons (Fsp3) is 0.357. The standard InChI is InChI=1S/C28H31N3O7/c1-3-37-27(35)28(14-22(28)25(33)30-24(15-32)26(34)31-36)13-18-8-10-20(11-9-18)38-16-19-12-17(2)29-23-7-5-4-6-21(19)23/h4-12,22,24,32,36H,3,13-16H2,1-2H3,(H,30,33)(H,31,34)/t22-,24+,28+/m1/s1. The predicted molar refractivity (Wildman–Crippen MR) is 137 cm³/mol. The second kappa shape index (κ2) is 11.6. The van der Waals surface area contributed by atoms with Gasteiger partial charge >= 0.3 is 5.97 Å². The van der Waals surface area contributed by atoms with Crippen LogP contribution in [-0.4, -0.2) is 52.3 Å². The molecule has 10 heteroatoms. The predicted octanol–water partition coefficient (Wildman–Crippen LogP) is 2.22. The largest absolute Gasteiger partial charge is 0.489 e. The molecule has 1 heterocycles. The number of aromatic nitrogens is 1. The van der Waals surface area contributed by atoms with Gasteiger partial charge in [0.2, 0.25) is 5.91 Å². The van der Waals surface area contributed by atoms with Crippen molar-refractivity contribution in [2.75, 3.05) is 13.2 Å². The van der Waals surface area contributed by atoms with Gasteiger partial charge in [0.15, 0.2) is 0 Å². The number of hydrogen-bond acceptors (Lipinski definition) is 8. The number of ether oxygens (including phenoxy) is 2. The Morgan fingerprint density at radius 1 is 1.16 bits per heavy atom. The number of hydroxylamine groups is 1. The van der Waals surface area contributed by atoms with Crippen LogP contribution in [0, 0.1) is 18.3 Å². The van der Waals surface area contributed by atoms with Gasteiger partial charge in [-0.25, -0.2) is 5.48 Å². The van der Waals surface area contributed by atoms with Crippen molar-refractivity contribution in [3.63, 3.8) is 0 Å². The smallest absolute Gasteiger partial charge is 0.313 e. The number of carbonyl (C=O) groups is 3. The first-order valence-electron chi connectivity index (χ1n) is 12.4. The molecule has 0 bridgehead atoms. The van der Waals surface area contributed by atoms with E-state index < -0.39 is 41.8 Å². The Kier molecular flexibility index (Phi) is 8.23. The van der Waals surface area contributed by atoms with Crippen LogP contribution in [0.25, 0.3) is 10.9 Å². The third-order valence-electron chi connectivity index (χ3n) is 6.77. The van der Waals surface area contributed by atoms with Crippen molar-refractivity contribution in [1.29, 1.82) is 0 Å². The summed E-state index contributed by atoms with van der Waals surface area (Å²) >= 11 is 0. The highest BCUT2D eigenvalue weighted by Gasteiger charge is 2.64. The van der Waals surface area contributed by atoms with Crippen LogP contribution in [0.5, 0.6) is 5.75 Å². The van der Waals surface area contributed by atoms with E-state index in [-0.39, 0.29) is 19.4 Å². The quantitative estimate of drug-likeness (QED) is 0.171. The summed E-state index contributed by atoms with van der Waals surface area (Å²) in [5.41, 5.74) is 3.99. The van der Waals surface area contributed by atoms with Crippen LogP contribution in [0.2, 0.25) is 0 Å². The third-order valence-corrected chi connectivity index (χ3v) is 6.77. The number of aryl methyl sites for hydroxylation is 1. The van der Waals surface area contributed by atoms with E-state index in [0.717, 1.165) is 27.7 Å². The summed E-state index contributed by atoms with van der Waals surface area (Å²) in [4.78, 5) is 41.8. The fourth-order valence-electron chi connectivity index (χ4n) is 4.70. The van der Waals surface area contributed by atoms with E-state index in [4.69, 9.17) is 14.7 Å². The van der Waals surface area contributed by atoms with Crippen LogP contribution in [-0.2, 0) is 32.1 Å². The summed E-state index contributed by atoms with van der Waals surface area (Å²) in [5, 5.41) is 21.6. The minimum Gasteiger partial charge on any atom is -0.489 e. The lowest BCUT2D eigenvalue weighted by molar-refractivity contribution is -0.151. The maximum atomic E-state index is 12.9. The number of nitrogens with one attached hydrogen (secondary N) is 2. The maximum Gasteiger partial charge on any atom is 0.313 e. The summed E-state index contributed by atoms with van der Waals surface area (Å²) in [6, 6.07) is 15.9. The van der Waals surface area contributed by atoms with Gasteiger partial charge in [-0.2, -0.15) is 0 Å². The zero-order valence-electron chi connectivity index (χ0n) is 21.3. The SMILES string of the molecule is CCOC(=O)[C@@]1(Cc2ccc(OCc3cc(C)nc4ccccc34)cc2)C[C@@H]1C(=O)N[C@@H](CO)C(=O)NO. The average Bonchev–Trinajstić information content (AvgIpc) is 3.66. The summed E-state index contributed by atoms with van der Waals surface area (Å²) in [6.07, 6.45) is 0.498. The number of pyridine rings is 1. The number of carbonyl (C=O) groups excluding carboxylic acids is 3. The topological polar surface area (TPSA) is 147 Å². The first-order chi connectivity index (χ1) is 18.3. The highest BCUT2D eigenvalue weighted by molar-refractivity contribution is 5.96. The average molecular weight is 522 g/mol. The maximum absolute atomic E-state index is 12.9. The molecular formula is C28H31N3O7. The van der Waals surface area contributed by atoms with Gasteiger partial charge in [0.25, 0.3) is 5.91 Å². The number of esters is 1. The Balaban J connectivity index is 1.44. The number of para-hydroxylation sites is 1. The molecule has 3 aromatic rings. The van der Waals surface area contributed by atoms with Crippen LogP contribution in [0.4, 0.5) is 0 Å². The molecule has 38 heavy (non-hydrogen) atoms. The number of amides is 2. The lowest BCUT2D eigenvalue weighted by Crippen LogP contribution is -2.49. The Labute approximate surface area is 219 Å². The molecule has 0 spiro atoms. The monoisotopic (exact) mass is 521 g/mol. The minimum atomic E-state index is -1.33. The zero-order chi connectivity index (χ0) is 27.3. The Morgan fingerprint density at radius 3 is 2.58 bits per heavy atom. The van der Waals surface area contributed by atoms with E-state index >= 15 is 0 Å². The normalized spacial score (nSPS) is 18.9. The van der Waals surface area contributed by atoms with Gasteiger partial charge in [-0.1, -0.05) is 30.3 Å². The van der Waals surface area contributed by atoms with Gasteiger partial charge in [-0.3, -0.25) is 24.6 Å². The molecule has 0 aliphatic heterocycles. The molecule has 1 saturated carbocycles. The molecule has 1 aromatic heterocycles. The van der Waals surface area contributed by atoms with E-state index in [0.29, 0.717) is 12.4 Å². The molecule has 1 aliphatic carbocycles. The van der Waals surface area contributed by atoms with Crippen molar-refractivity contribution in [2.24, 2.45) is 11.3 Å².